The van der Waals surface area contributed by atoms with Crippen LogP contribution in [0.2, 0.25) is 0 Å². The van der Waals surface area contributed by atoms with E-state index in [4.69, 9.17) is 20.3 Å². The van der Waals surface area contributed by atoms with Crippen LogP contribution in [0.1, 0.15) is 26.7 Å². The molecule has 0 spiro atoms. The second-order valence-electron chi connectivity index (χ2n) is 5.78. The minimum Gasteiger partial charge on any atom is -0.480 e. The zero-order valence-corrected chi connectivity index (χ0v) is 14.2. The SMILES string of the molecule is CCO[C@@H]1C[C@H](C(=O)O)N(C)C1.CCO[C@H]1CN[C@@H](C(N)=O)C1. The number of amides is 1. The van der Waals surface area contributed by atoms with Crippen molar-refractivity contribution in [2.75, 3.05) is 33.4 Å². The number of carboxylic acids is 1. The fourth-order valence-corrected chi connectivity index (χ4v) is 2.88. The number of likely N-dealkylation sites (tertiary alicyclic amines) is 1. The van der Waals surface area contributed by atoms with Gasteiger partial charge in [0, 0.05) is 32.7 Å². The van der Waals surface area contributed by atoms with Crippen molar-refractivity contribution in [2.24, 2.45) is 5.73 Å². The topological polar surface area (TPSA) is 114 Å². The summed E-state index contributed by atoms with van der Waals surface area (Å²) < 4.78 is 10.7. The van der Waals surface area contributed by atoms with Crippen LogP contribution in [0.4, 0.5) is 0 Å². The van der Waals surface area contributed by atoms with Gasteiger partial charge < -0.3 is 25.6 Å². The van der Waals surface area contributed by atoms with Gasteiger partial charge in [0.15, 0.2) is 0 Å². The van der Waals surface area contributed by atoms with Gasteiger partial charge in [-0.15, -0.1) is 0 Å². The van der Waals surface area contributed by atoms with E-state index in [0.717, 1.165) is 13.1 Å². The van der Waals surface area contributed by atoms with Crippen LogP contribution in [0.5, 0.6) is 0 Å². The quantitative estimate of drug-likeness (QED) is 0.596. The molecule has 23 heavy (non-hydrogen) atoms. The van der Waals surface area contributed by atoms with Crippen molar-refractivity contribution in [2.45, 2.75) is 51.0 Å². The Balaban J connectivity index is 0.000000231. The molecule has 4 N–H and O–H groups in total. The zero-order valence-electron chi connectivity index (χ0n) is 14.2. The number of likely N-dealkylation sites (N-methyl/N-ethyl adjacent to an activating group) is 1. The summed E-state index contributed by atoms with van der Waals surface area (Å²) in [4.78, 5) is 23.1. The first-order valence-electron chi connectivity index (χ1n) is 8.07. The van der Waals surface area contributed by atoms with Crippen LogP contribution in [0.3, 0.4) is 0 Å². The number of carbonyl (C=O) groups is 2. The molecule has 2 rings (SSSR count). The highest BCUT2D eigenvalue weighted by Crippen LogP contribution is 2.18. The predicted octanol–water partition coefficient (Wildman–Crippen LogP) is -0.581. The van der Waals surface area contributed by atoms with E-state index in [2.05, 4.69) is 5.32 Å². The van der Waals surface area contributed by atoms with E-state index < -0.39 is 5.97 Å². The Bertz CT molecular complexity index is 393. The Morgan fingerprint density at radius 1 is 1.22 bits per heavy atom. The first-order chi connectivity index (χ1) is 10.9. The number of rotatable bonds is 6. The lowest BCUT2D eigenvalue weighted by Gasteiger charge is -2.12. The number of hydrogen-bond acceptors (Lipinski definition) is 6. The highest BCUT2D eigenvalue weighted by atomic mass is 16.5. The minimum atomic E-state index is -0.750. The van der Waals surface area contributed by atoms with Crippen LogP contribution in [-0.4, -0.2) is 79.5 Å². The zero-order chi connectivity index (χ0) is 17.4. The first kappa shape index (κ1) is 19.8. The number of primary amides is 1. The highest BCUT2D eigenvalue weighted by Gasteiger charge is 2.34. The normalized spacial score (nSPS) is 30.7. The predicted molar refractivity (Wildman–Crippen MR) is 85.1 cm³/mol. The summed E-state index contributed by atoms with van der Waals surface area (Å²) >= 11 is 0. The van der Waals surface area contributed by atoms with Crippen LogP contribution in [0.15, 0.2) is 0 Å². The van der Waals surface area contributed by atoms with Crippen LogP contribution >= 0.6 is 0 Å². The Morgan fingerprint density at radius 3 is 2.26 bits per heavy atom. The molecule has 1 amide bonds. The van der Waals surface area contributed by atoms with E-state index >= 15 is 0 Å². The van der Waals surface area contributed by atoms with Crippen LogP contribution in [-0.2, 0) is 19.1 Å². The summed E-state index contributed by atoms with van der Waals surface area (Å²) in [7, 11) is 1.82. The Kier molecular flexibility index (Phi) is 8.46. The third-order valence-electron chi connectivity index (χ3n) is 4.03. The fourth-order valence-electron chi connectivity index (χ4n) is 2.88. The molecule has 134 valence electrons. The van der Waals surface area contributed by atoms with Gasteiger partial charge in [0.1, 0.15) is 6.04 Å². The van der Waals surface area contributed by atoms with Crippen molar-refractivity contribution in [1.82, 2.24) is 10.2 Å². The van der Waals surface area contributed by atoms with Crippen molar-refractivity contribution >= 4 is 11.9 Å². The second kappa shape index (κ2) is 9.82. The van der Waals surface area contributed by atoms with E-state index in [1.54, 1.807) is 0 Å². The Hall–Kier alpha value is -1.22. The molecule has 0 saturated carbocycles. The van der Waals surface area contributed by atoms with Gasteiger partial charge in [-0.1, -0.05) is 0 Å². The van der Waals surface area contributed by atoms with E-state index in [1.165, 1.54) is 0 Å². The molecule has 8 heteroatoms. The lowest BCUT2D eigenvalue weighted by Crippen LogP contribution is -2.36. The minimum absolute atomic E-state index is 0.0982. The van der Waals surface area contributed by atoms with Crippen molar-refractivity contribution < 1.29 is 24.2 Å². The molecule has 0 aliphatic carbocycles. The molecule has 0 aromatic rings. The highest BCUT2D eigenvalue weighted by molar-refractivity contribution is 5.80. The number of carboxylic acid groups (broad SMARTS) is 1. The third kappa shape index (κ3) is 6.42. The van der Waals surface area contributed by atoms with Crippen LogP contribution < -0.4 is 11.1 Å². The van der Waals surface area contributed by atoms with Gasteiger partial charge in [-0.2, -0.15) is 0 Å². The van der Waals surface area contributed by atoms with Gasteiger partial charge >= 0.3 is 5.97 Å². The van der Waals surface area contributed by atoms with Gasteiger partial charge in [-0.05, 0) is 27.3 Å². The average Bonchev–Trinajstić information content (AvgIpc) is 3.07. The maximum Gasteiger partial charge on any atom is 0.321 e. The number of nitrogens with one attached hydrogen (secondary N) is 1. The molecule has 2 heterocycles. The maximum atomic E-state index is 10.7. The lowest BCUT2D eigenvalue weighted by atomic mass is 10.2. The molecule has 0 bridgehead atoms. The molecular weight excluding hydrogens is 302 g/mol. The van der Waals surface area contributed by atoms with Crippen molar-refractivity contribution in [3.05, 3.63) is 0 Å². The number of carbonyl (C=O) groups excluding carboxylic acids is 1. The average molecular weight is 331 g/mol. The van der Waals surface area contributed by atoms with E-state index in [1.807, 2.05) is 25.8 Å². The number of ether oxygens (including phenoxy) is 2. The number of nitrogens with two attached hydrogens (primary N) is 1. The molecule has 0 radical (unpaired) electrons. The van der Waals surface area contributed by atoms with Gasteiger partial charge in [0.25, 0.3) is 0 Å². The molecule has 2 aliphatic heterocycles. The van der Waals surface area contributed by atoms with Crippen molar-refractivity contribution in [1.29, 1.82) is 0 Å². The summed E-state index contributed by atoms with van der Waals surface area (Å²) in [5.74, 6) is -1.04. The van der Waals surface area contributed by atoms with Crippen molar-refractivity contribution in [3.63, 3.8) is 0 Å². The molecular formula is C15H29N3O5. The summed E-state index contributed by atoms with van der Waals surface area (Å²) in [5.41, 5.74) is 5.10. The summed E-state index contributed by atoms with van der Waals surface area (Å²) in [6, 6.07) is -0.548. The number of nitrogens with zero attached hydrogens (tertiary/aromatic N) is 1. The monoisotopic (exact) mass is 331 g/mol. The number of hydrogen-bond donors (Lipinski definition) is 3. The summed E-state index contributed by atoms with van der Waals surface area (Å²) in [6.07, 6.45) is 1.58. The van der Waals surface area contributed by atoms with Crippen LogP contribution in [0.25, 0.3) is 0 Å². The molecule has 8 nitrogen and oxygen atoms in total. The van der Waals surface area contributed by atoms with Crippen molar-refractivity contribution in [3.8, 4) is 0 Å². The van der Waals surface area contributed by atoms with Gasteiger partial charge in [-0.3, -0.25) is 14.5 Å². The maximum absolute atomic E-state index is 10.7. The molecule has 4 atom stereocenters. The summed E-state index contributed by atoms with van der Waals surface area (Å²) in [6.45, 7) is 6.68. The third-order valence-corrected chi connectivity index (χ3v) is 4.03. The largest absolute Gasteiger partial charge is 0.480 e. The van der Waals surface area contributed by atoms with E-state index in [-0.39, 0.29) is 30.2 Å². The summed E-state index contributed by atoms with van der Waals surface area (Å²) in [5, 5.41) is 11.8. The lowest BCUT2D eigenvalue weighted by molar-refractivity contribution is -0.141. The fraction of sp³-hybridized carbons (Fsp3) is 0.867. The van der Waals surface area contributed by atoms with Gasteiger partial charge in [-0.25, -0.2) is 0 Å². The molecule has 2 saturated heterocycles. The molecule has 0 aromatic heterocycles. The first-order valence-corrected chi connectivity index (χ1v) is 8.07. The molecule has 2 aliphatic rings. The number of aliphatic carboxylic acids is 1. The smallest absolute Gasteiger partial charge is 0.321 e. The van der Waals surface area contributed by atoms with E-state index in [9.17, 15) is 9.59 Å². The Labute approximate surface area is 137 Å². The molecule has 0 unspecified atom stereocenters. The van der Waals surface area contributed by atoms with E-state index in [0.29, 0.717) is 26.1 Å². The van der Waals surface area contributed by atoms with Gasteiger partial charge in [0.2, 0.25) is 5.91 Å². The second-order valence-corrected chi connectivity index (χ2v) is 5.78. The Morgan fingerprint density at radius 2 is 1.83 bits per heavy atom. The molecule has 2 fully saturated rings. The van der Waals surface area contributed by atoms with Gasteiger partial charge in [0.05, 0.1) is 18.2 Å². The molecule has 0 aromatic carbocycles. The standard InChI is InChI=1S/C8H15NO3.C7H14N2O2/c1-3-12-6-4-7(8(10)11)9(2)5-6;1-2-11-5-3-6(7(8)10)9-4-5/h6-7H,3-5H2,1-2H3,(H,10,11);5-6,9H,2-4H2,1H3,(H2,8,10)/t6-,7-;5-,6-/m11/s1. The van der Waals surface area contributed by atoms with Crippen LogP contribution in [0, 0.1) is 0 Å².